The summed E-state index contributed by atoms with van der Waals surface area (Å²) in [6.45, 7) is 8.31. The Morgan fingerprint density at radius 1 is 1.16 bits per heavy atom. The molecule has 1 aromatic heterocycles. The van der Waals surface area contributed by atoms with Gasteiger partial charge in [0.25, 0.3) is 5.91 Å². The molecule has 2 atom stereocenters. The van der Waals surface area contributed by atoms with Crippen molar-refractivity contribution in [1.29, 1.82) is 0 Å². The minimum atomic E-state index is -3.44. The first kappa shape index (κ1) is 33.6. The third-order valence-electron chi connectivity index (χ3n) is 7.45. The fraction of sp³-hybridized carbons (Fsp3) is 0.387. The average molecular weight is 655 g/mol. The Kier molecular flexibility index (Phi) is 9.17. The Hall–Kier alpha value is -4.25. The van der Waals surface area contributed by atoms with E-state index >= 15 is 0 Å². The van der Waals surface area contributed by atoms with Gasteiger partial charge in [-0.3, -0.25) is 9.69 Å². The van der Waals surface area contributed by atoms with E-state index in [9.17, 15) is 28.2 Å². The molecule has 14 heteroatoms. The van der Waals surface area contributed by atoms with Crippen LogP contribution in [-0.2, 0) is 20.2 Å². The third kappa shape index (κ3) is 7.03. The number of aliphatic hydroxyl groups excluding tert-OH is 1. The minimum Gasteiger partial charge on any atom is -0.463 e. The maximum atomic E-state index is 14.6. The van der Waals surface area contributed by atoms with E-state index in [1.807, 2.05) is 20.8 Å². The molecule has 2 heterocycles. The first-order chi connectivity index (χ1) is 20.9. The van der Waals surface area contributed by atoms with Gasteiger partial charge in [-0.05, 0) is 61.1 Å². The van der Waals surface area contributed by atoms with Crippen molar-refractivity contribution >= 4 is 39.4 Å². The summed E-state index contributed by atoms with van der Waals surface area (Å²) in [6.07, 6.45) is 2.60. The molecule has 1 unspecified atom stereocenters. The monoisotopic (exact) mass is 654 g/mol. The third-order valence-corrected chi connectivity index (χ3v) is 9.73. The lowest BCUT2D eigenvalue weighted by Gasteiger charge is -2.34. The van der Waals surface area contributed by atoms with Crippen LogP contribution in [0.3, 0.4) is 0 Å². The molecule has 2 amide bonds. The lowest BCUT2D eigenvalue weighted by Crippen LogP contribution is -2.47. The molecule has 0 aliphatic carbocycles. The summed E-state index contributed by atoms with van der Waals surface area (Å²) in [5, 5.41) is 27.9. The number of amides is 2. The molecular formula is C31H35ClN6O6S. The smallest absolute Gasteiger partial charge is 0.434 e. The molecule has 1 fully saturated rings. The lowest BCUT2D eigenvalue weighted by atomic mass is 9.75. The number of hydrogen-bond acceptors (Lipinski definition) is 7. The van der Waals surface area contributed by atoms with Crippen LogP contribution in [0.25, 0.3) is 5.69 Å². The van der Waals surface area contributed by atoms with Gasteiger partial charge in [0.2, 0.25) is 5.96 Å². The van der Waals surface area contributed by atoms with Crippen LogP contribution in [0.1, 0.15) is 63.8 Å². The zero-order chi connectivity index (χ0) is 33.4. The number of aromatic nitrogens is 3. The van der Waals surface area contributed by atoms with Crippen molar-refractivity contribution in [3.8, 4) is 17.5 Å². The van der Waals surface area contributed by atoms with Crippen LogP contribution in [0.2, 0.25) is 5.02 Å². The number of carboxylic acid groups (broad SMARTS) is 1. The van der Waals surface area contributed by atoms with E-state index in [4.69, 9.17) is 11.6 Å². The number of nitrogens with zero attached hydrogens (tertiary/aromatic N) is 5. The quantitative estimate of drug-likeness (QED) is 0.320. The van der Waals surface area contributed by atoms with Gasteiger partial charge in [-0.1, -0.05) is 62.4 Å². The number of benzene rings is 2. The Labute approximate surface area is 267 Å². The fourth-order valence-corrected chi connectivity index (χ4v) is 5.46. The van der Waals surface area contributed by atoms with Gasteiger partial charge in [-0.25, -0.2) is 22.9 Å². The Balaban J connectivity index is 1.84. The zero-order valence-electron chi connectivity index (χ0n) is 25.7. The van der Waals surface area contributed by atoms with E-state index in [-0.39, 0.29) is 12.4 Å². The summed E-state index contributed by atoms with van der Waals surface area (Å²) in [5.74, 6) is 4.92. The standard InChI is InChI=1S/C31H35ClN6O6S/c1-29(2,3)17-31(22-10-7-20(8-11-22)13-14-30(4,5)45(6,43)44)26(40)38(27(36-31)35-28(41)42)25(16-39)21-9-12-23(32)24(15-21)37-19-33-18-34-37/h7-12,15,18-19,25,39H,16-17H2,1-6H3,(H,35,36)(H,41,42)/t25-,31?/m1/s1. The second kappa shape index (κ2) is 12.3. The molecule has 3 N–H and O–H groups in total. The highest BCUT2D eigenvalue weighted by Gasteiger charge is 2.55. The van der Waals surface area contributed by atoms with Gasteiger partial charge in [0.15, 0.2) is 9.84 Å². The highest BCUT2D eigenvalue weighted by molar-refractivity contribution is 7.92. The number of rotatable bonds is 7. The van der Waals surface area contributed by atoms with Crippen LogP contribution in [0, 0.1) is 17.3 Å². The van der Waals surface area contributed by atoms with Gasteiger partial charge >= 0.3 is 6.09 Å². The molecule has 3 aromatic rings. The number of guanidine groups is 1. The van der Waals surface area contributed by atoms with E-state index < -0.39 is 50.2 Å². The summed E-state index contributed by atoms with van der Waals surface area (Å²) >= 11 is 6.42. The van der Waals surface area contributed by atoms with E-state index in [1.165, 1.54) is 31.2 Å². The molecule has 1 aliphatic heterocycles. The summed E-state index contributed by atoms with van der Waals surface area (Å²) < 4.78 is 24.4. The van der Waals surface area contributed by atoms with Gasteiger partial charge in [0, 0.05) is 11.8 Å². The first-order valence-electron chi connectivity index (χ1n) is 13.9. The van der Waals surface area contributed by atoms with Crippen molar-refractivity contribution in [2.24, 2.45) is 10.4 Å². The molecule has 0 spiro atoms. The van der Waals surface area contributed by atoms with Gasteiger partial charge in [-0.15, -0.1) is 4.99 Å². The highest BCUT2D eigenvalue weighted by atomic mass is 35.5. The predicted molar refractivity (Wildman–Crippen MR) is 170 cm³/mol. The van der Waals surface area contributed by atoms with Crippen LogP contribution in [0.5, 0.6) is 0 Å². The number of aliphatic hydroxyl groups is 1. The summed E-state index contributed by atoms with van der Waals surface area (Å²) in [6, 6.07) is 10.5. The molecule has 0 bridgehead atoms. The number of sulfone groups is 1. The van der Waals surface area contributed by atoms with Gasteiger partial charge in [0.1, 0.15) is 22.9 Å². The molecule has 1 saturated heterocycles. The summed E-state index contributed by atoms with van der Waals surface area (Å²) in [4.78, 5) is 35.4. The van der Waals surface area contributed by atoms with Crippen LogP contribution in [-0.4, -0.2) is 73.9 Å². The summed E-state index contributed by atoms with van der Waals surface area (Å²) in [7, 11) is -3.44. The Morgan fingerprint density at radius 2 is 1.82 bits per heavy atom. The molecule has 4 rings (SSSR count). The number of carbonyl (C=O) groups is 2. The molecule has 0 radical (unpaired) electrons. The molecule has 2 aromatic carbocycles. The van der Waals surface area contributed by atoms with E-state index in [1.54, 1.807) is 42.5 Å². The van der Waals surface area contributed by atoms with Gasteiger partial charge in [-0.2, -0.15) is 5.10 Å². The molecule has 45 heavy (non-hydrogen) atoms. The molecule has 1 aliphatic rings. The molecule has 0 saturated carbocycles. The molecule has 12 nitrogen and oxygen atoms in total. The van der Waals surface area contributed by atoms with Crippen LogP contribution >= 0.6 is 11.6 Å². The largest absolute Gasteiger partial charge is 0.463 e. The summed E-state index contributed by atoms with van der Waals surface area (Å²) in [5.41, 5.74) is 0.00827. The number of hydrogen-bond donors (Lipinski definition) is 3. The second-order valence-electron chi connectivity index (χ2n) is 12.5. The predicted octanol–water partition coefficient (Wildman–Crippen LogP) is 3.93. The van der Waals surface area contributed by atoms with E-state index in [0.717, 1.165) is 11.2 Å². The second-order valence-corrected chi connectivity index (χ2v) is 15.5. The van der Waals surface area contributed by atoms with Gasteiger partial charge in [0.05, 0.1) is 23.4 Å². The van der Waals surface area contributed by atoms with Gasteiger partial charge < -0.3 is 15.5 Å². The number of nitrogens with one attached hydrogen (secondary N) is 1. The van der Waals surface area contributed by atoms with E-state index in [2.05, 4.69) is 32.2 Å². The van der Waals surface area contributed by atoms with Crippen molar-refractivity contribution in [1.82, 2.24) is 25.0 Å². The van der Waals surface area contributed by atoms with Crippen molar-refractivity contribution in [3.63, 3.8) is 0 Å². The van der Waals surface area contributed by atoms with Crippen molar-refractivity contribution in [2.75, 3.05) is 12.9 Å². The maximum absolute atomic E-state index is 14.6. The fourth-order valence-electron chi connectivity index (χ4n) is 5.02. The van der Waals surface area contributed by atoms with Crippen LogP contribution in [0.15, 0.2) is 60.1 Å². The average Bonchev–Trinajstić information content (AvgIpc) is 3.55. The van der Waals surface area contributed by atoms with Crippen molar-refractivity contribution in [2.45, 2.75) is 57.4 Å². The van der Waals surface area contributed by atoms with Crippen LogP contribution in [0.4, 0.5) is 4.79 Å². The van der Waals surface area contributed by atoms with E-state index in [0.29, 0.717) is 27.4 Å². The normalized spacial score (nSPS) is 18.8. The van der Waals surface area contributed by atoms with Crippen molar-refractivity contribution in [3.05, 3.63) is 76.8 Å². The topological polar surface area (TPSA) is 167 Å². The first-order valence-corrected chi connectivity index (χ1v) is 16.2. The Bertz CT molecular complexity index is 1810. The molecular weight excluding hydrogens is 620 g/mol. The zero-order valence-corrected chi connectivity index (χ0v) is 27.3. The number of aliphatic imine (C=N–C) groups is 1. The minimum absolute atomic E-state index is 0.225. The Morgan fingerprint density at radius 3 is 2.36 bits per heavy atom. The molecule has 238 valence electrons. The SMILES string of the molecule is CC(C)(C)CC1(c2ccc(C#CC(C)(C)S(C)(=O)=O)cc2)NC(=NC(=O)O)N([C@H](CO)c2ccc(Cl)c(-n3cncn3)c2)C1=O. The van der Waals surface area contributed by atoms with Crippen molar-refractivity contribution < 1.29 is 28.2 Å². The number of halogens is 1. The maximum Gasteiger partial charge on any atom is 0.434 e. The highest BCUT2D eigenvalue weighted by Crippen LogP contribution is 2.42. The van der Waals surface area contributed by atoms with Crippen LogP contribution < -0.4 is 5.32 Å². The lowest BCUT2D eigenvalue weighted by molar-refractivity contribution is -0.134. The number of carbonyl (C=O) groups excluding carboxylic acids is 1.